The van der Waals surface area contributed by atoms with E-state index < -0.39 is 0 Å². The number of hydrogen-bond donors (Lipinski definition) is 1. The number of hydrogen-bond acceptors (Lipinski definition) is 6. The number of halogens is 2. The van der Waals surface area contributed by atoms with Crippen molar-refractivity contribution in [2.75, 3.05) is 0 Å². The van der Waals surface area contributed by atoms with Crippen molar-refractivity contribution in [3.8, 4) is 0 Å². The topological polar surface area (TPSA) is 74.5 Å². The molecule has 0 bridgehead atoms. The molecule has 2 atom stereocenters. The maximum absolute atomic E-state index is 13.1. The van der Waals surface area contributed by atoms with Crippen molar-refractivity contribution < 1.29 is 13.7 Å². The third kappa shape index (κ3) is 3.10. The Morgan fingerprint density at radius 1 is 1.32 bits per heavy atom. The van der Waals surface area contributed by atoms with E-state index in [1.54, 1.807) is 34.4 Å². The highest BCUT2D eigenvalue weighted by Gasteiger charge is 2.40. The maximum Gasteiger partial charge on any atom is 0.251 e. The molecule has 4 rings (SSSR count). The van der Waals surface area contributed by atoms with Gasteiger partial charge in [0.2, 0.25) is 5.89 Å². The molecule has 0 radical (unpaired) electrons. The number of nitrogens with one attached hydrogen (secondary N) is 1. The summed E-state index contributed by atoms with van der Waals surface area (Å²) in [6.07, 6.45) is 4.07. The molecule has 2 aliphatic heterocycles. The van der Waals surface area contributed by atoms with Gasteiger partial charge in [0.25, 0.3) is 5.91 Å². The van der Waals surface area contributed by atoms with Gasteiger partial charge in [-0.3, -0.25) is 4.79 Å². The lowest BCUT2D eigenvalue weighted by molar-refractivity contribution is -0.135. The van der Waals surface area contributed by atoms with Gasteiger partial charge in [0.1, 0.15) is 17.7 Å². The quantitative estimate of drug-likeness (QED) is 0.838. The second kappa shape index (κ2) is 6.45. The van der Waals surface area contributed by atoms with E-state index in [-0.39, 0.29) is 36.2 Å². The van der Waals surface area contributed by atoms with Crippen LogP contribution in [0.15, 0.2) is 41.2 Å². The number of amides is 1. The van der Waals surface area contributed by atoms with Gasteiger partial charge in [-0.2, -0.15) is 4.98 Å². The van der Waals surface area contributed by atoms with Gasteiger partial charge in [-0.05, 0) is 24.1 Å². The second-order valence-electron chi connectivity index (χ2n) is 5.89. The molecule has 3 heterocycles. The van der Waals surface area contributed by atoms with Crippen LogP contribution in [0.1, 0.15) is 29.7 Å². The standard InChI is InChI=1S/C16H15ClFN5O2/c17-8-15-19-14(21-25-15)9-22-5-6-23-13(16(22)24)7-12(20-23)10-1-3-11(18)4-2-10/h1-6,12-13,20H,7-9H2. The van der Waals surface area contributed by atoms with Crippen LogP contribution < -0.4 is 5.43 Å². The molecule has 2 aromatic rings. The van der Waals surface area contributed by atoms with Crippen LogP contribution >= 0.6 is 11.6 Å². The summed E-state index contributed by atoms with van der Waals surface area (Å²) in [4.78, 5) is 18.4. The first-order valence-electron chi connectivity index (χ1n) is 7.80. The summed E-state index contributed by atoms with van der Waals surface area (Å²) in [5.41, 5.74) is 4.20. The summed E-state index contributed by atoms with van der Waals surface area (Å²) in [7, 11) is 0. The zero-order valence-electron chi connectivity index (χ0n) is 13.1. The number of alkyl halides is 1. The van der Waals surface area contributed by atoms with Gasteiger partial charge in [-0.1, -0.05) is 17.3 Å². The van der Waals surface area contributed by atoms with Crippen molar-refractivity contribution in [3.63, 3.8) is 0 Å². The van der Waals surface area contributed by atoms with E-state index in [9.17, 15) is 9.18 Å². The van der Waals surface area contributed by atoms with Crippen LogP contribution in [-0.4, -0.2) is 32.0 Å². The Bertz CT molecular complexity index is 809. The Labute approximate surface area is 148 Å². The summed E-state index contributed by atoms with van der Waals surface area (Å²) < 4.78 is 18.0. The lowest BCUT2D eigenvalue weighted by atomic mass is 10.0. The minimum Gasteiger partial charge on any atom is -0.338 e. The predicted octanol–water partition coefficient (Wildman–Crippen LogP) is 2.08. The van der Waals surface area contributed by atoms with Gasteiger partial charge in [0.15, 0.2) is 5.82 Å². The molecular formula is C16H15ClFN5O2. The molecule has 1 amide bonds. The lowest BCUT2D eigenvalue weighted by Crippen LogP contribution is -2.47. The normalized spacial score (nSPS) is 22.6. The molecule has 1 saturated heterocycles. The Kier molecular flexibility index (Phi) is 4.14. The van der Waals surface area contributed by atoms with Crippen molar-refractivity contribution in [1.29, 1.82) is 0 Å². The first-order valence-corrected chi connectivity index (χ1v) is 8.33. The molecule has 9 heteroatoms. The monoisotopic (exact) mass is 363 g/mol. The Hall–Kier alpha value is -2.45. The Morgan fingerprint density at radius 3 is 2.84 bits per heavy atom. The summed E-state index contributed by atoms with van der Waals surface area (Å²) in [6, 6.07) is 5.91. The fraction of sp³-hybridized carbons (Fsp3) is 0.312. The van der Waals surface area contributed by atoms with Crippen LogP contribution in [0.5, 0.6) is 0 Å². The Balaban J connectivity index is 1.46. The molecule has 1 aromatic heterocycles. The molecule has 0 saturated carbocycles. The number of carbonyl (C=O) groups excluding carboxylic acids is 1. The highest BCUT2D eigenvalue weighted by Crippen LogP contribution is 2.31. The molecule has 0 aliphatic carbocycles. The number of nitrogens with zero attached hydrogens (tertiary/aromatic N) is 4. The zero-order valence-corrected chi connectivity index (χ0v) is 13.9. The van der Waals surface area contributed by atoms with E-state index in [2.05, 4.69) is 15.6 Å². The van der Waals surface area contributed by atoms with E-state index in [1.807, 2.05) is 0 Å². The van der Waals surface area contributed by atoms with E-state index >= 15 is 0 Å². The molecule has 2 aliphatic rings. The third-order valence-corrected chi connectivity index (χ3v) is 4.51. The molecule has 2 unspecified atom stereocenters. The molecule has 7 nitrogen and oxygen atoms in total. The fourth-order valence-electron chi connectivity index (χ4n) is 3.04. The van der Waals surface area contributed by atoms with Crippen LogP contribution in [0, 0.1) is 5.82 Å². The molecule has 1 fully saturated rings. The third-order valence-electron chi connectivity index (χ3n) is 4.28. The van der Waals surface area contributed by atoms with Crippen LogP contribution in [0.4, 0.5) is 4.39 Å². The fourth-order valence-corrected chi connectivity index (χ4v) is 3.15. The second-order valence-corrected chi connectivity index (χ2v) is 6.16. The molecule has 130 valence electrons. The number of fused-ring (bicyclic) bond motifs is 1. The van der Waals surface area contributed by atoms with Gasteiger partial charge >= 0.3 is 0 Å². The lowest BCUT2D eigenvalue weighted by Gasteiger charge is -2.31. The number of hydrazine groups is 1. The number of carbonyl (C=O) groups is 1. The maximum atomic E-state index is 13.1. The van der Waals surface area contributed by atoms with Crippen LogP contribution in [0.3, 0.4) is 0 Å². The average Bonchev–Trinajstić information content (AvgIpc) is 3.25. The molecule has 25 heavy (non-hydrogen) atoms. The summed E-state index contributed by atoms with van der Waals surface area (Å²) >= 11 is 5.64. The summed E-state index contributed by atoms with van der Waals surface area (Å²) in [5, 5.41) is 5.59. The van der Waals surface area contributed by atoms with E-state index in [0.717, 1.165) is 5.56 Å². The average molecular weight is 364 g/mol. The largest absolute Gasteiger partial charge is 0.338 e. The van der Waals surface area contributed by atoms with Crippen molar-refractivity contribution in [2.45, 2.75) is 30.9 Å². The highest BCUT2D eigenvalue weighted by atomic mass is 35.5. The number of benzene rings is 1. The van der Waals surface area contributed by atoms with Gasteiger partial charge in [0.05, 0.1) is 12.6 Å². The summed E-state index contributed by atoms with van der Waals surface area (Å²) in [6.45, 7) is 0.223. The first kappa shape index (κ1) is 16.0. The minimum atomic E-state index is -0.334. The van der Waals surface area contributed by atoms with Gasteiger partial charge in [0, 0.05) is 12.4 Å². The van der Waals surface area contributed by atoms with Crippen molar-refractivity contribution >= 4 is 17.5 Å². The molecular weight excluding hydrogens is 349 g/mol. The molecule has 0 spiro atoms. The van der Waals surface area contributed by atoms with Crippen molar-refractivity contribution in [1.82, 2.24) is 25.5 Å². The van der Waals surface area contributed by atoms with Gasteiger partial charge in [-0.15, -0.1) is 11.6 Å². The summed E-state index contributed by atoms with van der Waals surface area (Å²) in [5.74, 6) is 0.528. The van der Waals surface area contributed by atoms with Gasteiger partial charge in [-0.25, -0.2) is 9.82 Å². The van der Waals surface area contributed by atoms with Crippen LogP contribution in [-0.2, 0) is 17.2 Å². The first-order chi connectivity index (χ1) is 12.1. The SMILES string of the molecule is O=C1C2CC(c3ccc(F)cc3)NN2C=CN1Cc1noc(CCl)n1. The predicted molar refractivity (Wildman–Crippen MR) is 86.1 cm³/mol. The zero-order chi connectivity index (χ0) is 17.4. The van der Waals surface area contributed by atoms with Gasteiger partial charge < -0.3 is 14.4 Å². The molecule has 1 aromatic carbocycles. The van der Waals surface area contributed by atoms with E-state index in [0.29, 0.717) is 18.1 Å². The van der Waals surface area contributed by atoms with Crippen LogP contribution in [0.2, 0.25) is 0 Å². The minimum absolute atomic E-state index is 0.0489. The van der Waals surface area contributed by atoms with E-state index in [1.165, 1.54) is 12.1 Å². The Morgan fingerprint density at radius 2 is 2.12 bits per heavy atom. The number of rotatable bonds is 4. The highest BCUT2D eigenvalue weighted by molar-refractivity contribution is 6.16. The smallest absolute Gasteiger partial charge is 0.251 e. The molecule has 1 N–H and O–H groups in total. The van der Waals surface area contributed by atoms with Crippen molar-refractivity contribution in [3.05, 3.63) is 59.8 Å². The van der Waals surface area contributed by atoms with Crippen LogP contribution in [0.25, 0.3) is 0 Å². The number of aromatic nitrogens is 2. The van der Waals surface area contributed by atoms with E-state index in [4.69, 9.17) is 16.1 Å². The van der Waals surface area contributed by atoms with Crippen molar-refractivity contribution in [2.24, 2.45) is 0 Å².